The highest BCUT2D eigenvalue weighted by molar-refractivity contribution is 7.99. The van der Waals surface area contributed by atoms with Gasteiger partial charge in [0.25, 0.3) is 0 Å². The molecule has 2 amide bonds. The number of hydrogen-bond acceptors (Lipinski definition) is 3. The van der Waals surface area contributed by atoms with Crippen LogP contribution < -0.4 is 5.32 Å². The Hall–Kier alpha value is -2.47. The molecule has 3 aromatic carbocycles. The van der Waals surface area contributed by atoms with Crippen molar-refractivity contribution in [2.24, 2.45) is 0 Å². The molecule has 7 heteroatoms. The minimum absolute atomic E-state index is 0.0956. The van der Waals surface area contributed by atoms with Crippen LogP contribution in [0.3, 0.4) is 0 Å². The summed E-state index contributed by atoms with van der Waals surface area (Å²) in [4.78, 5) is 29.3. The molecule has 0 heterocycles. The van der Waals surface area contributed by atoms with Crippen LogP contribution in [0.25, 0.3) is 0 Å². The van der Waals surface area contributed by atoms with Gasteiger partial charge >= 0.3 is 0 Å². The third kappa shape index (κ3) is 8.26. The summed E-state index contributed by atoms with van der Waals surface area (Å²) in [5.74, 6) is 0.652. The van der Waals surface area contributed by atoms with E-state index in [1.165, 1.54) is 18.2 Å². The second-order valence-corrected chi connectivity index (χ2v) is 11.5. The van der Waals surface area contributed by atoms with Gasteiger partial charge in [0.2, 0.25) is 11.8 Å². The maximum absolute atomic E-state index is 13.8. The molecule has 1 saturated carbocycles. The Morgan fingerprint density at radius 2 is 1.45 bits per heavy atom. The third-order valence-electron chi connectivity index (χ3n) is 6.96. The standard InChI is InChI=1S/C31H34Cl2N2O2S/c32-27-17-9-7-13-24(27)20-35(30(36)22-38-21-25-14-8-10-18-28(25)33)29(19-23-11-3-1-4-12-23)31(37)34-26-15-5-2-6-16-26/h1,3-4,7-14,17-18,26,29H,2,5-6,15-16,19-22H2,(H,34,37). The molecule has 4 rings (SSSR count). The average Bonchev–Trinajstić information content (AvgIpc) is 2.93. The molecule has 0 saturated heterocycles. The van der Waals surface area contributed by atoms with Crippen molar-refractivity contribution in [1.82, 2.24) is 10.2 Å². The Labute approximate surface area is 240 Å². The lowest BCUT2D eigenvalue weighted by Gasteiger charge is -2.33. The maximum atomic E-state index is 13.8. The van der Waals surface area contributed by atoms with Crippen LogP contribution >= 0.6 is 35.0 Å². The van der Waals surface area contributed by atoms with E-state index < -0.39 is 6.04 Å². The van der Waals surface area contributed by atoms with E-state index in [9.17, 15) is 9.59 Å². The van der Waals surface area contributed by atoms with Gasteiger partial charge in [-0.1, -0.05) is 109 Å². The van der Waals surface area contributed by atoms with Crippen molar-refractivity contribution in [2.45, 2.75) is 62.9 Å². The number of carbonyl (C=O) groups is 2. The number of thioether (sulfide) groups is 1. The summed E-state index contributed by atoms with van der Waals surface area (Å²) in [6.45, 7) is 0.265. The van der Waals surface area contributed by atoms with E-state index in [4.69, 9.17) is 23.2 Å². The predicted octanol–water partition coefficient (Wildman–Crippen LogP) is 7.32. The van der Waals surface area contributed by atoms with E-state index in [1.54, 1.807) is 4.90 Å². The zero-order valence-corrected chi connectivity index (χ0v) is 23.8. The van der Waals surface area contributed by atoms with Crippen LogP contribution in [0.5, 0.6) is 0 Å². The summed E-state index contributed by atoms with van der Waals surface area (Å²) in [5, 5.41) is 4.55. The Balaban J connectivity index is 1.58. The first-order chi connectivity index (χ1) is 18.5. The number of nitrogens with one attached hydrogen (secondary N) is 1. The van der Waals surface area contributed by atoms with Crippen molar-refractivity contribution in [3.8, 4) is 0 Å². The van der Waals surface area contributed by atoms with Crippen molar-refractivity contribution >= 4 is 46.8 Å². The lowest BCUT2D eigenvalue weighted by molar-refractivity contribution is -0.139. The molecule has 0 aliphatic heterocycles. The largest absolute Gasteiger partial charge is 0.352 e. The summed E-state index contributed by atoms with van der Waals surface area (Å²) < 4.78 is 0. The topological polar surface area (TPSA) is 49.4 Å². The van der Waals surface area contributed by atoms with Gasteiger partial charge in [-0.15, -0.1) is 11.8 Å². The van der Waals surface area contributed by atoms with Crippen LogP contribution in [0.2, 0.25) is 10.0 Å². The fourth-order valence-corrected chi connectivity index (χ4v) is 6.25. The van der Waals surface area contributed by atoms with Gasteiger partial charge in [-0.05, 0) is 41.7 Å². The number of carbonyl (C=O) groups excluding carboxylic acids is 2. The fourth-order valence-electron chi connectivity index (χ4n) is 4.86. The molecule has 0 spiro atoms. The van der Waals surface area contributed by atoms with Gasteiger partial charge < -0.3 is 10.2 Å². The Morgan fingerprint density at radius 1 is 0.842 bits per heavy atom. The highest BCUT2D eigenvalue weighted by Crippen LogP contribution is 2.25. The molecule has 0 bridgehead atoms. The molecule has 1 aliphatic carbocycles. The smallest absolute Gasteiger partial charge is 0.243 e. The first kappa shape index (κ1) is 28.5. The first-order valence-corrected chi connectivity index (χ1v) is 15.1. The lowest BCUT2D eigenvalue weighted by atomic mass is 9.94. The summed E-state index contributed by atoms with van der Waals surface area (Å²) in [6, 6.07) is 24.6. The molecule has 4 nitrogen and oxygen atoms in total. The van der Waals surface area contributed by atoms with Crippen LogP contribution in [-0.2, 0) is 28.3 Å². The zero-order valence-electron chi connectivity index (χ0n) is 21.5. The Bertz CT molecular complexity index is 1200. The van der Waals surface area contributed by atoms with E-state index in [0.717, 1.165) is 42.4 Å². The van der Waals surface area contributed by atoms with E-state index in [0.29, 0.717) is 22.2 Å². The van der Waals surface area contributed by atoms with Crippen LogP contribution in [-0.4, -0.2) is 34.6 Å². The van der Waals surface area contributed by atoms with Crippen molar-refractivity contribution in [3.63, 3.8) is 0 Å². The zero-order chi connectivity index (χ0) is 26.7. The molecule has 1 N–H and O–H groups in total. The summed E-state index contributed by atoms with van der Waals surface area (Å²) >= 11 is 14.3. The van der Waals surface area contributed by atoms with Gasteiger partial charge in [0.1, 0.15) is 6.04 Å². The molecular formula is C31H34Cl2N2O2S. The molecule has 0 aromatic heterocycles. The lowest BCUT2D eigenvalue weighted by Crippen LogP contribution is -2.53. The Morgan fingerprint density at radius 3 is 2.11 bits per heavy atom. The number of nitrogens with zero attached hydrogens (tertiary/aromatic N) is 1. The minimum Gasteiger partial charge on any atom is -0.352 e. The SMILES string of the molecule is O=C(NC1CCCCC1)C(Cc1ccccc1)N(Cc1ccccc1Cl)C(=O)CSCc1ccccc1Cl. The normalized spacial score (nSPS) is 14.6. The van der Waals surface area contributed by atoms with E-state index in [1.807, 2.05) is 78.9 Å². The van der Waals surface area contributed by atoms with Gasteiger partial charge in [-0.3, -0.25) is 9.59 Å². The third-order valence-corrected chi connectivity index (χ3v) is 8.67. The highest BCUT2D eigenvalue weighted by atomic mass is 35.5. The van der Waals surface area contributed by atoms with Gasteiger partial charge in [0.15, 0.2) is 0 Å². The van der Waals surface area contributed by atoms with Gasteiger partial charge in [0, 0.05) is 34.8 Å². The molecule has 1 atom stereocenters. The second kappa shape index (κ2) is 14.6. The van der Waals surface area contributed by atoms with E-state index in [-0.39, 0.29) is 30.2 Å². The molecule has 1 aliphatic rings. The maximum Gasteiger partial charge on any atom is 0.243 e. The molecule has 1 fully saturated rings. The van der Waals surface area contributed by atoms with Crippen LogP contribution in [0.4, 0.5) is 0 Å². The fraction of sp³-hybridized carbons (Fsp3) is 0.355. The van der Waals surface area contributed by atoms with Crippen LogP contribution in [0, 0.1) is 0 Å². The molecule has 3 aromatic rings. The minimum atomic E-state index is -0.649. The van der Waals surface area contributed by atoms with Crippen LogP contribution in [0.1, 0.15) is 48.8 Å². The number of hydrogen-bond donors (Lipinski definition) is 1. The summed E-state index contributed by atoms with van der Waals surface area (Å²) in [7, 11) is 0. The van der Waals surface area contributed by atoms with Crippen LogP contribution in [0.15, 0.2) is 78.9 Å². The quantitative estimate of drug-likeness (QED) is 0.263. The summed E-state index contributed by atoms with van der Waals surface area (Å²) in [6.07, 6.45) is 5.85. The summed E-state index contributed by atoms with van der Waals surface area (Å²) in [5.41, 5.74) is 2.82. The van der Waals surface area contributed by atoms with Crippen molar-refractivity contribution in [1.29, 1.82) is 0 Å². The molecule has 1 unspecified atom stereocenters. The average molecular weight is 570 g/mol. The van der Waals surface area contributed by atoms with Crippen molar-refractivity contribution < 1.29 is 9.59 Å². The number of amides is 2. The van der Waals surface area contributed by atoms with Crippen molar-refractivity contribution in [2.75, 3.05) is 5.75 Å². The van der Waals surface area contributed by atoms with E-state index >= 15 is 0 Å². The van der Waals surface area contributed by atoms with Crippen molar-refractivity contribution in [3.05, 3.63) is 106 Å². The van der Waals surface area contributed by atoms with Gasteiger partial charge in [0.05, 0.1) is 5.75 Å². The number of halogens is 2. The molecule has 38 heavy (non-hydrogen) atoms. The van der Waals surface area contributed by atoms with E-state index in [2.05, 4.69) is 5.32 Å². The van der Waals surface area contributed by atoms with Gasteiger partial charge in [-0.25, -0.2) is 0 Å². The first-order valence-electron chi connectivity index (χ1n) is 13.2. The molecular weight excluding hydrogens is 535 g/mol. The highest BCUT2D eigenvalue weighted by Gasteiger charge is 2.32. The Kier molecular flexibility index (Phi) is 11.0. The van der Waals surface area contributed by atoms with Gasteiger partial charge in [-0.2, -0.15) is 0 Å². The second-order valence-electron chi connectivity index (χ2n) is 9.75. The number of rotatable bonds is 11. The molecule has 0 radical (unpaired) electrons. The number of benzene rings is 3. The molecule has 200 valence electrons. The predicted molar refractivity (Wildman–Crippen MR) is 159 cm³/mol. The monoisotopic (exact) mass is 568 g/mol.